The van der Waals surface area contributed by atoms with Crippen LogP contribution >= 0.6 is 11.6 Å². The average molecular weight is 1570 g/mol. The predicted molar refractivity (Wildman–Crippen MR) is 392 cm³/mol. The molecule has 109 heavy (non-hydrogen) atoms. The molecule has 8 rings (SSSR count). The van der Waals surface area contributed by atoms with Gasteiger partial charge in [-0.15, -0.1) is 24.8 Å². The zero-order valence-corrected chi connectivity index (χ0v) is 66.2. The predicted octanol–water partition coefficient (Wildman–Crippen LogP) is 7.70. The summed E-state index contributed by atoms with van der Waals surface area (Å²) in [6, 6.07) is -10.5. The Labute approximate surface area is 643 Å². The highest BCUT2D eigenvalue weighted by atomic mass is 35.5. The molecule has 8 aliphatic rings. The molecule has 7 fully saturated rings. The van der Waals surface area contributed by atoms with Gasteiger partial charge in [-0.2, -0.15) is 13.2 Å². The van der Waals surface area contributed by atoms with Crippen molar-refractivity contribution < 1.29 is 88.6 Å². The van der Waals surface area contributed by atoms with Crippen molar-refractivity contribution in [3.05, 3.63) is 12.2 Å². The minimum Gasteiger partial charge on any atom is -0.343 e. The molecule has 0 aromatic rings. The number of likely N-dealkylation sites (N-methyl/N-ethyl adjacent to an activating group) is 6. The van der Waals surface area contributed by atoms with Crippen LogP contribution < -0.4 is 16.0 Å². The standard InChI is InChI=1S/C77H119ClF6N12O13/c1-11-48(4)64-72(106)89(6)46-63(99)90(7)57-25-14-12-21-39-96(71(57)105)60(43-50-27-31-52(32-28-50)109-77(82,83)84)69(103)88(5)45-61(97)85-55(34-30-49-29-33-53(54(78)42-49)76(79,80)81)68(102)95-40-22-26-56(95)67(101)87-75(35-17-18-36-75)74(108)93(10)65(51-23-15-16-24-51)73(107)92(9)59(70(104)94-37-19-13-20-38-94)44-62(98)91(8)58(41-47(2)3)66(100)86-64/h12,21,47-60,64-65H,11,13-20,22-46H2,1-10H3,(H,85,97)(H,86,100)(H,87,101)/b21-12-/t48-,49?,50?,52?,53?,54?,55-,56-,57-,58-,59-,60-,64-,65-/m0/s1. The minimum absolute atomic E-state index is 0.00823. The third kappa shape index (κ3) is 22.3. The second-order valence-electron chi connectivity index (χ2n) is 32.9. The van der Waals surface area contributed by atoms with Crippen molar-refractivity contribution in [2.45, 2.75) is 285 Å². The summed E-state index contributed by atoms with van der Waals surface area (Å²) in [5.74, 6) is -12.1. The maximum Gasteiger partial charge on any atom is 0.522 e. The Balaban J connectivity index is 1.19. The number of hydrogen-bond donors (Lipinski definition) is 3. The van der Waals surface area contributed by atoms with Crippen LogP contribution in [0.15, 0.2) is 12.2 Å². The summed E-state index contributed by atoms with van der Waals surface area (Å²) in [5, 5.41) is 7.49. The molecule has 12 atom stereocenters. The first-order chi connectivity index (χ1) is 51.4. The molecule has 2 bridgehead atoms. The number of fused-ring (bicyclic) bond motifs is 3. The Morgan fingerprint density at radius 1 is 0.606 bits per heavy atom. The topological polar surface area (TPSA) is 279 Å². The van der Waals surface area contributed by atoms with Crippen LogP contribution in [-0.2, 0) is 62.3 Å². The van der Waals surface area contributed by atoms with Crippen molar-refractivity contribution in [3.8, 4) is 0 Å². The summed E-state index contributed by atoms with van der Waals surface area (Å²) in [6.45, 7) is 6.42. The van der Waals surface area contributed by atoms with Gasteiger partial charge in [-0.05, 0) is 171 Å². The van der Waals surface area contributed by atoms with Crippen molar-refractivity contribution in [1.82, 2.24) is 60.0 Å². The van der Waals surface area contributed by atoms with Gasteiger partial charge in [0.1, 0.15) is 53.9 Å². The maximum atomic E-state index is 15.8. The quantitative estimate of drug-likeness (QED) is 0.0961. The number of ether oxygens (including phenoxy) is 1. The first kappa shape index (κ1) is 87.8. The number of nitrogens with one attached hydrogen (secondary N) is 3. The fraction of sp³-hybridized carbons (Fsp3) is 0.818. The lowest BCUT2D eigenvalue weighted by atomic mass is 9.78. The molecule has 0 aromatic carbocycles. The van der Waals surface area contributed by atoms with E-state index in [1.807, 2.05) is 20.8 Å². The zero-order valence-electron chi connectivity index (χ0n) is 65.4. The lowest BCUT2D eigenvalue weighted by Crippen LogP contribution is -2.65. The summed E-state index contributed by atoms with van der Waals surface area (Å²) >= 11 is 6.42. The Hall–Kier alpha value is -6.79. The third-order valence-electron chi connectivity index (χ3n) is 24.8. The van der Waals surface area contributed by atoms with E-state index in [1.54, 1.807) is 24.0 Å². The van der Waals surface area contributed by atoms with Gasteiger partial charge in [0.25, 0.3) is 0 Å². The fourth-order valence-electron chi connectivity index (χ4n) is 18.0. The summed E-state index contributed by atoms with van der Waals surface area (Å²) in [7, 11) is 8.41. The Bertz CT molecular complexity index is 3250. The lowest BCUT2D eigenvalue weighted by molar-refractivity contribution is -0.345. The van der Waals surface area contributed by atoms with Crippen LogP contribution in [0.3, 0.4) is 0 Å². The summed E-state index contributed by atoms with van der Waals surface area (Å²) in [4.78, 5) is 194. The number of alkyl halides is 7. The smallest absolute Gasteiger partial charge is 0.343 e. The highest BCUT2D eigenvalue weighted by Crippen LogP contribution is 2.44. The molecule has 3 N–H and O–H groups in total. The van der Waals surface area contributed by atoms with E-state index in [1.165, 1.54) is 71.7 Å². The average Bonchev–Trinajstić information content (AvgIpc) is 1.72. The summed E-state index contributed by atoms with van der Waals surface area (Å²) < 4.78 is 87.2. The molecule has 32 heteroatoms. The van der Waals surface area contributed by atoms with Crippen molar-refractivity contribution in [3.63, 3.8) is 0 Å². The second kappa shape index (κ2) is 38.6. The van der Waals surface area contributed by atoms with E-state index in [9.17, 15) is 40.7 Å². The normalized spacial score (nSPS) is 31.4. The van der Waals surface area contributed by atoms with Crippen LogP contribution in [0, 0.1) is 35.5 Å². The van der Waals surface area contributed by atoms with Gasteiger partial charge in [-0.1, -0.05) is 72.0 Å². The van der Waals surface area contributed by atoms with Crippen molar-refractivity contribution in [2.75, 3.05) is 81.6 Å². The van der Waals surface area contributed by atoms with Gasteiger partial charge in [0.15, 0.2) is 0 Å². The Kier molecular flexibility index (Phi) is 31.1. The fourth-order valence-corrected chi connectivity index (χ4v) is 18.6. The number of likely N-dealkylation sites (tertiary alicyclic amines) is 1. The van der Waals surface area contributed by atoms with Gasteiger partial charge in [0.2, 0.25) is 70.9 Å². The first-order valence-corrected chi connectivity index (χ1v) is 40.3. The molecule has 12 amide bonds. The van der Waals surface area contributed by atoms with Gasteiger partial charge in [0.05, 0.1) is 31.5 Å². The number of allylic oxidation sites excluding steroid dienone is 1. The Morgan fingerprint density at radius 3 is 1.86 bits per heavy atom. The number of rotatable bonds is 12. The van der Waals surface area contributed by atoms with E-state index >= 15 is 43.2 Å². The summed E-state index contributed by atoms with van der Waals surface area (Å²) in [5.41, 5.74) is -1.60. The van der Waals surface area contributed by atoms with E-state index in [2.05, 4.69) is 20.7 Å². The number of amides is 12. The summed E-state index contributed by atoms with van der Waals surface area (Å²) in [6.07, 6.45) is -0.788. The van der Waals surface area contributed by atoms with Crippen molar-refractivity contribution in [2.24, 2.45) is 35.5 Å². The molecule has 0 radical (unpaired) electrons. The number of nitrogens with zero attached hydrogens (tertiary/aromatic N) is 9. The molecular weight excluding hydrogens is 1450 g/mol. The van der Waals surface area contributed by atoms with Crippen LogP contribution in [0.1, 0.15) is 207 Å². The van der Waals surface area contributed by atoms with Crippen LogP contribution in [0.2, 0.25) is 0 Å². The van der Waals surface area contributed by atoms with Gasteiger partial charge in [-0.3, -0.25) is 62.3 Å². The highest BCUT2D eigenvalue weighted by Gasteiger charge is 2.53. The number of halogens is 7. The number of carbonyl (C=O) groups excluding carboxylic acids is 12. The lowest BCUT2D eigenvalue weighted by Gasteiger charge is -2.42. The van der Waals surface area contributed by atoms with Gasteiger partial charge >= 0.3 is 12.5 Å². The maximum absolute atomic E-state index is 15.8. The van der Waals surface area contributed by atoms with Gasteiger partial charge in [0, 0.05) is 73.8 Å². The Morgan fingerprint density at radius 2 is 1.25 bits per heavy atom. The van der Waals surface area contributed by atoms with E-state index in [0.29, 0.717) is 64.5 Å². The number of hydrogen-bond acceptors (Lipinski definition) is 13. The van der Waals surface area contributed by atoms with E-state index in [0.717, 1.165) is 29.1 Å². The molecule has 1 spiro atoms. The van der Waals surface area contributed by atoms with Gasteiger partial charge < -0.3 is 60.0 Å². The van der Waals surface area contributed by atoms with Crippen LogP contribution in [0.25, 0.3) is 0 Å². The molecule has 4 saturated carbocycles. The molecule has 3 saturated heterocycles. The molecule has 4 heterocycles. The van der Waals surface area contributed by atoms with Crippen LogP contribution in [0.4, 0.5) is 26.3 Å². The van der Waals surface area contributed by atoms with E-state index in [4.69, 9.17) is 11.6 Å². The first-order valence-electron chi connectivity index (χ1n) is 39.8. The number of carbonyl (C=O) groups is 12. The highest BCUT2D eigenvalue weighted by molar-refractivity contribution is 6.21. The molecular formula is C77H119ClF6N12O13. The van der Waals surface area contributed by atoms with Crippen LogP contribution in [0.5, 0.6) is 0 Å². The molecule has 0 aromatic heterocycles. The van der Waals surface area contributed by atoms with Crippen molar-refractivity contribution >= 4 is 82.5 Å². The molecule has 3 unspecified atom stereocenters. The van der Waals surface area contributed by atoms with Crippen LogP contribution in [-0.4, -0.2) is 274 Å². The second-order valence-corrected chi connectivity index (χ2v) is 33.5. The van der Waals surface area contributed by atoms with Crippen molar-refractivity contribution in [1.29, 1.82) is 0 Å². The molecule has 4 aliphatic heterocycles. The SMILES string of the molecule is CC[C@H](C)[C@@H]1NC(=O)[C@H](CC(C)C)N(C)C(=O)C[C@@H](C(=O)N2CCCCC2)N(C)C(=O)[C@H](C2CCCC2)N(C)C(=O)C2(CCCC2)NC(=O)[C@@H]2CCCN2C(=O)[C@H](CCC2CCC(C(F)(F)F)C(Cl)C2)NC(=O)CN(C)C(=O)[C@H](CC2CCC(OC(F)(F)F)CC2)N2C/C=C\CC[C@@H](C2=O)N(C)C(=O)CN(C)C1=O. The molecule has 4 aliphatic carbocycles. The zero-order chi connectivity index (χ0) is 80.1. The van der Waals surface area contributed by atoms with E-state index < -0.39 is 198 Å². The third-order valence-corrected chi connectivity index (χ3v) is 25.3. The monoisotopic (exact) mass is 1570 g/mol. The van der Waals surface area contributed by atoms with E-state index in [-0.39, 0.29) is 122 Å². The van der Waals surface area contributed by atoms with Gasteiger partial charge in [-0.25, -0.2) is 0 Å². The largest absolute Gasteiger partial charge is 0.522 e. The number of piperidine rings is 1. The molecule has 614 valence electrons. The molecule has 25 nitrogen and oxygen atoms in total. The minimum atomic E-state index is -4.91.